The Morgan fingerprint density at radius 1 is 0.473 bits per heavy atom. The Bertz CT molecular complexity index is 3190. The average molecular weight is 888 g/mol. The fourth-order valence-electron chi connectivity index (χ4n) is 7.66. The van der Waals surface area contributed by atoms with Crippen LogP contribution in [0.1, 0.15) is 0 Å². The van der Waals surface area contributed by atoms with E-state index in [2.05, 4.69) is 140 Å². The van der Waals surface area contributed by atoms with Crippen LogP contribution in [0.15, 0.2) is 170 Å². The summed E-state index contributed by atoms with van der Waals surface area (Å²) in [6, 6.07) is 58.9. The molecule has 55 heavy (non-hydrogen) atoms. The van der Waals surface area contributed by atoms with Crippen molar-refractivity contribution < 1.29 is 25.8 Å². The first-order chi connectivity index (χ1) is 26.8. The maximum absolute atomic E-state index is 6.63. The first-order valence-electron chi connectivity index (χ1n) is 17.8. The second kappa shape index (κ2) is 13.2. The summed E-state index contributed by atoms with van der Waals surface area (Å²) in [6.07, 6.45) is 5.49. The van der Waals surface area contributed by atoms with Crippen LogP contribution in [0.4, 0.5) is 0 Å². The summed E-state index contributed by atoms with van der Waals surface area (Å²) in [5, 5.41) is 4.36. The maximum atomic E-state index is 6.63. The molecule has 5 heterocycles. The number of ether oxygens (including phenoxy) is 1. The molecule has 0 saturated heterocycles. The Morgan fingerprint density at radius 3 is 1.75 bits per heavy atom. The largest absolute Gasteiger partial charge is 2.00 e. The zero-order chi connectivity index (χ0) is 35.6. The Hall–Kier alpha value is -6.82. The predicted molar refractivity (Wildman–Crippen MR) is 215 cm³/mol. The molecule has 6 aromatic carbocycles. The predicted octanol–water partition coefficient (Wildman–Crippen LogP) is 11.1. The molecule has 8 heteroatoms. The molecule has 0 bridgehead atoms. The van der Waals surface area contributed by atoms with Crippen molar-refractivity contribution >= 4 is 54.6 Å². The normalized spacial score (nSPS) is 11.5. The van der Waals surface area contributed by atoms with Crippen LogP contribution in [0.3, 0.4) is 0 Å². The third-order valence-corrected chi connectivity index (χ3v) is 10.1. The Morgan fingerprint density at radius 2 is 1.07 bits per heavy atom. The number of pyridine rings is 2. The minimum absolute atomic E-state index is 0. The average Bonchev–Trinajstić information content (AvgIpc) is 3.88. The molecule has 0 saturated carbocycles. The summed E-state index contributed by atoms with van der Waals surface area (Å²) in [6.45, 7) is 0. The van der Waals surface area contributed by atoms with Crippen LogP contribution < -0.4 is 4.74 Å². The van der Waals surface area contributed by atoms with E-state index in [9.17, 15) is 0 Å². The number of benzene rings is 6. The van der Waals surface area contributed by atoms with Gasteiger partial charge in [0.15, 0.2) is 0 Å². The van der Waals surface area contributed by atoms with E-state index < -0.39 is 0 Å². The molecule has 7 nitrogen and oxygen atoms in total. The molecular formula is C47H28N6OPt. The first kappa shape index (κ1) is 32.8. The van der Waals surface area contributed by atoms with Crippen LogP contribution in [0.25, 0.3) is 83.2 Å². The number of aromatic nitrogens is 6. The van der Waals surface area contributed by atoms with E-state index >= 15 is 0 Å². The van der Waals surface area contributed by atoms with Gasteiger partial charge in [-0.25, -0.2) is 9.97 Å². The molecule has 0 aliphatic rings. The zero-order valence-corrected chi connectivity index (χ0v) is 31.3. The second-order valence-electron chi connectivity index (χ2n) is 13.2. The summed E-state index contributed by atoms with van der Waals surface area (Å²) >= 11 is 0. The third-order valence-electron chi connectivity index (χ3n) is 10.1. The molecule has 11 rings (SSSR count). The molecule has 0 radical (unpaired) electrons. The molecule has 0 aliphatic heterocycles. The summed E-state index contributed by atoms with van der Waals surface area (Å²) in [5.41, 5.74) is 8.89. The molecule has 0 amide bonds. The van der Waals surface area contributed by atoms with Gasteiger partial charge in [-0.3, -0.25) is 9.55 Å². The van der Waals surface area contributed by atoms with Gasteiger partial charge in [-0.15, -0.1) is 35.0 Å². The molecule has 5 aromatic heterocycles. The molecule has 0 spiro atoms. The number of hydrogen-bond acceptors (Lipinski definition) is 4. The molecule has 0 aliphatic carbocycles. The third kappa shape index (κ3) is 5.35. The maximum Gasteiger partial charge on any atom is 2.00 e. The fourth-order valence-corrected chi connectivity index (χ4v) is 7.66. The van der Waals surface area contributed by atoms with E-state index in [4.69, 9.17) is 14.7 Å². The Labute approximate surface area is 330 Å². The van der Waals surface area contributed by atoms with E-state index in [0.29, 0.717) is 11.5 Å². The van der Waals surface area contributed by atoms with Crippen molar-refractivity contribution in [2.75, 3.05) is 0 Å². The summed E-state index contributed by atoms with van der Waals surface area (Å²) in [7, 11) is 0. The number of para-hydroxylation sites is 5. The molecule has 0 N–H and O–H groups in total. The number of fused-ring (bicyclic) bond motifs is 7. The Kier molecular flexibility index (Phi) is 7.89. The van der Waals surface area contributed by atoms with Crippen LogP contribution in [0.2, 0.25) is 0 Å². The van der Waals surface area contributed by atoms with Crippen molar-refractivity contribution in [2.24, 2.45) is 0 Å². The molecule has 11 aromatic rings. The SMILES string of the molecule is [Pt+2].[c-]1c(Oc2[c-]c3c(cc2)c2ccccc2n3-c2nc3ccccc3n2-c2ccccc2)ccc2c3ccccc3n(-c3ccc(-c4ccncc4)cn3)c12. The minimum atomic E-state index is 0. The molecular weight excluding hydrogens is 860 g/mol. The smallest absolute Gasteiger partial charge is 0.509 e. The van der Waals surface area contributed by atoms with Gasteiger partial charge >= 0.3 is 21.1 Å². The number of rotatable bonds is 6. The topological polar surface area (TPSA) is 62.7 Å². The van der Waals surface area contributed by atoms with Crippen molar-refractivity contribution in [2.45, 2.75) is 0 Å². The van der Waals surface area contributed by atoms with E-state index in [1.807, 2.05) is 48.7 Å². The van der Waals surface area contributed by atoms with Gasteiger partial charge in [0.1, 0.15) is 5.82 Å². The van der Waals surface area contributed by atoms with Crippen molar-refractivity contribution in [1.82, 2.24) is 28.7 Å². The van der Waals surface area contributed by atoms with Crippen LogP contribution >= 0.6 is 0 Å². The number of nitrogens with zero attached hydrogens (tertiary/aromatic N) is 6. The van der Waals surface area contributed by atoms with E-state index in [1.54, 1.807) is 12.4 Å². The molecule has 0 unspecified atom stereocenters. The van der Waals surface area contributed by atoms with Crippen LogP contribution in [0, 0.1) is 12.1 Å². The van der Waals surface area contributed by atoms with Gasteiger partial charge < -0.3 is 13.9 Å². The van der Waals surface area contributed by atoms with Gasteiger partial charge in [0.05, 0.1) is 11.0 Å². The first-order valence-corrected chi connectivity index (χ1v) is 17.8. The zero-order valence-electron chi connectivity index (χ0n) is 29.1. The summed E-state index contributed by atoms with van der Waals surface area (Å²) in [4.78, 5) is 14.3. The van der Waals surface area contributed by atoms with Gasteiger partial charge in [-0.05, 0) is 77.0 Å². The molecule has 0 fully saturated rings. The Balaban J connectivity index is 0.00000372. The van der Waals surface area contributed by atoms with Gasteiger partial charge in [-0.2, -0.15) is 12.1 Å². The van der Waals surface area contributed by atoms with Gasteiger partial charge in [-0.1, -0.05) is 77.8 Å². The van der Waals surface area contributed by atoms with Crippen LogP contribution in [-0.4, -0.2) is 28.7 Å². The summed E-state index contributed by atoms with van der Waals surface area (Å²) < 4.78 is 13.2. The van der Waals surface area contributed by atoms with Crippen LogP contribution in [0.5, 0.6) is 11.5 Å². The van der Waals surface area contributed by atoms with E-state index in [1.165, 1.54) is 0 Å². The van der Waals surface area contributed by atoms with Crippen molar-refractivity contribution in [3.8, 4) is 40.1 Å². The standard InChI is InChI=1S/C47H28N6O.Pt/c1-2-10-33(11-3-1)51-43-17-9-6-14-40(43)50-47(51)53-42-16-8-5-13-37(42)39-22-20-35(29-45(39)53)54-34-19-21-38-36-12-4-7-15-41(36)52(44(38)28-34)46-23-18-32(30-49-46)31-24-26-48-27-25-31;/h1-27,30H;/q-2;+2. The van der Waals surface area contributed by atoms with Gasteiger partial charge in [0.25, 0.3) is 0 Å². The van der Waals surface area contributed by atoms with Gasteiger partial charge in [0.2, 0.25) is 5.95 Å². The number of imidazole rings is 1. The quantitative estimate of drug-likeness (QED) is 0.156. The second-order valence-corrected chi connectivity index (χ2v) is 13.2. The summed E-state index contributed by atoms with van der Waals surface area (Å²) in [5.74, 6) is 2.73. The van der Waals surface area contributed by atoms with Crippen molar-refractivity contribution in [3.63, 3.8) is 0 Å². The number of hydrogen-bond donors (Lipinski definition) is 0. The van der Waals surface area contributed by atoms with Crippen molar-refractivity contribution in [3.05, 3.63) is 182 Å². The van der Waals surface area contributed by atoms with Crippen LogP contribution in [-0.2, 0) is 21.1 Å². The van der Waals surface area contributed by atoms with E-state index in [-0.39, 0.29) is 21.1 Å². The molecule has 262 valence electrons. The monoisotopic (exact) mass is 887 g/mol. The minimum Gasteiger partial charge on any atom is -0.509 e. The fraction of sp³-hybridized carbons (Fsp3) is 0. The van der Waals surface area contributed by atoms with Gasteiger partial charge in [0, 0.05) is 52.4 Å². The molecule has 0 atom stereocenters. The van der Waals surface area contributed by atoms with E-state index in [0.717, 1.165) is 83.2 Å². The van der Waals surface area contributed by atoms with Crippen molar-refractivity contribution in [1.29, 1.82) is 0 Å².